The zero-order valence-electron chi connectivity index (χ0n) is 18.6. The van der Waals surface area contributed by atoms with Crippen molar-refractivity contribution in [1.82, 2.24) is 24.9 Å². The lowest BCUT2D eigenvalue weighted by atomic mass is 10.3. The largest absolute Gasteiger partial charge is 0.355 e. The van der Waals surface area contributed by atoms with E-state index >= 15 is 0 Å². The Morgan fingerprint density at radius 1 is 0.938 bits per heavy atom. The Balaban J connectivity index is 1.38. The summed E-state index contributed by atoms with van der Waals surface area (Å²) in [5.74, 6) is 0.827. The Labute approximate surface area is 189 Å². The van der Waals surface area contributed by atoms with Crippen LogP contribution >= 0.6 is 0 Å². The summed E-state index contributed by atoms with van der Waals surface area (Å²) in [6.45, 7) is 7.74. The highest BCUT2D eigenvalue weighted by Gasteiger charge is 2.20. The molecule has 3 heterocycles. The number of para-hydroxylation sites is 1. The molecular formula is C23H30N6O2S. The number of sulfone groups is 1. The molecule has 3 aromatic rings. The van der Waals surface area contributed by atoms with E-state index in [-0.39, 0.29) is 5.75 Å². The Kier molecular flexibility index (Phi) is 6.86. The molecule has 0 atom stereocenters. The predicted octanol–water partition coefficient (Wildman–Crippen LogP) is 2.70. The van der Waals surface area contributed by atoms with Crippen LogP contribution in [0.4, 0.5) is 5.82 Å². The highest BCUT2D eigenvalue weighted by molar-refractivity contribution is 7.91. The minimum atomic E-state index is -3.17. The van der Waals surface area contributed by atoms with E-state index in [0.717, 1.165) is 56.3 Å². The average Bonchev–Trinajstić information content (AvgIpc) is 3.12. The molecule has 0 bridgehead atoms. The SMILES string of the molecule is CC(C)S(=O)(=O)Cc1cccc(N2CCCN(Cc3cn(-c4ccccc4)nn3)CC2)n1. The second kappa shape index (κ2) is 9.79. The topological polar surface area (TPSA) is 84.2 Å². The standard InChI is InChI=1S/C23H30N6O2S/c1-19(2)32(30,31)18-20-8-6-11-23(24-20)28-13-7-12-27(14-15-28)16-21-17-29(26-25-21)22-9-4-3-5-10-22/h3-6,8-11,17,19H,7,12-16,18H2,1-2H3. The van der Waals surface area contributed by atoms with Gasteiger partial charge in [-0.15, -0.1) is 5.10 Å². The maximum absolute atomic E-state index is 12.3. The van der Waals surface area contributed by atoms with Crippen LogP contribution < -0.4 is 4.90 Å². The maximum Gasteiger partial charge on any atom is 0.158 e. The van der Waals surface area contributed by atoms with Gasteiger partial charge < -0.3 is 4.90 Å². The summed E-state index contributed by atoms with van der Waals surface area (Å²) in [4.78, 5) is 9.28. The van der Waals surface area contributed by atoms with E-state index in [0.29, 0.717) is 5.69 Å². The lowest BCUT2D eigenvalue weighted by Crippen LogP contribution is -2.31. The first-order valence-corrected chi connectivity index (χ1v) is 12.7. The highest BCUT2D eigenvalue weighted by atomic mass is 32.2. The van der Waals surface area contributed by atoms with Crippen molar-refractivity contribution in [2.45, 2.75) is 37.8 Å². The van der Waals surface area contributed by atoms with Crippen molar-refractivity contribution in [3.05, 3.63) is 66.1 Å². The number of nitrogens with zero attached hydrogens (tertiary/aromatic N) is 6. The zero-order valence-corrected chi connectivity index (χ0v) is 19.4. The zero-order chi connectivity index (χ0) is 22.6. The van der Waals surface area contributed by atoms with Crippen molar-refractivity contribution in [3.63, 3.8) is 0 Å². The average molecular weight is 455 g/mol. The summed E-state index contributed by atoms with van der Waals surface area (Å²) < 4.78 is 26.4. The van der Waals surface area contributed by atoms with Crippen molar-refractivity contribution in [2.24, 2.45) is 0 Å². The highest BCUT2D eigenvalue weighted by Crippen LogP contribution is 2.18. The number of anilines is 1. The van der Waals surface area contributed by atoms with Crippen LogP contribution in [0.1, 0.15) is 31.7 Å². The molecule has 0 aliphatic carbocycles. The second-order valence-corrected chi connectivity index (χ2v) is 11.0. The summed E-state index contributed by atoms with van der Waals surface area (Å²) in [6.07, 6.45) is 2.99. The molecule has 1 aromatic carbocycles. The molecule has 2 aromatic heterocycles. The quantitative estimate of drug-likeness (QED) is 0.543. The van der Waals surface area contributed by atoms with Gasteiger partial charge in [0.1, 0.15) is 5.82 Å². The van der Waals surface area contributed by atoms with Crippen LogP contribution in [0.2, 0.25) is 0 Å². The molecule has 32 heavy (non-hydrogen) atoms. The number of hydrogen-bond acceptors (Lipinski definition) is 7. The summed E-state index contributed by atoms with van der Waals surface area (Å²) >= 11 is 0. The summed E-state index contributed by atoms with van der Waals surface area (Å²) in [5.41, 5.74) is 2.55. The smallest absolute Gasteiger partial charge is 0.158 e. The molecule has 1 saturated heterocycles. The van der Waals surface area contributed by atoms with Crippen LogP contribution in [0.25, 0.3) is 5.69 Å². The third-order valence-electron chi connectivity index (χ3n) is 5.72. The van der Waals surface area contributed by atoms with Gasteiger partial charge in [0.15, 0.2) is 9.84 Å². The van der Waals surface area contributed by atoms with E-state index in [1.807, 2.05) is 48.7 Å². The van der Waals surface area contributed by atoms with E-state index < -0.39 is 15.1 Å². The number of benzene rings is 1. The van der Waals surface area contributed by atoms with Crippen molar-refractivity contribution in [2.75, 3.05) is 31.1 Å². The molecule has 9 heteroatoms. The van der Waals surface area contributed by atoms with Gasteiger partial charge in [0.25, 0.3) is 0 Å². The van der Waals surface area contributed by atoms with Crippen molar-refractivity contribution in [1.29, 1.82) is 0 Å². The maximum atomic E-state index is 12.3. The third-order valence-corrected chi connectivity index (χ3v) is 7.85. The molecule has 0 radical (unpaired) electrons. The number of aromatic nitrogens is 4. The molecule has 8 nitrogen and oxygen atoms in total. The summed E-state index contributed by atoms with van der Waals surface area (Å²) in [5, 5.41) is 8.20. The fourth-order valence-corrected chi connectivity index (χ4v) is 4.67. The Morgan fingerprint density at radius 3 is 2.53 bits per heavy atom. The van der Waals surface area contributed by atoms with Crippen LogP contribution in [0, 0.1) is 0 Å². The molecule has 1 aliphatic rings. The molecule has 0 N–H and O–H groups in total. The number of rotatable bonds is 7. The normalized spacial score (nSPS) is 15.8. The van der Waals surface area contributed by atoms with Gasteiger partial charge in [-0.25, -0.2) is 18.1 Å². The summed E-state index contributed by atoms with van der Waals surface area (Å²) in [6, 6.07) is 15.6. The van der Waals surface area contributed by atoms with Crippen LogP contribution in [0.15, 0.2) is 54.7 Å². The van der Waals surface area contributed by atoms with Crippen LogP contribution in [0.3, 0.4) is 0 Å². The Morgan fingerprint density at radius 2 is 1.75 bits per heavy atom. The molecule has 4 rings (SSSR count). The van der Waals surface area contributed by atoms with Gasteiger partial charge in [0, 0.05) is 32.7 Å². The predicted molar refractivity (Wildman–Crippen MR) is 125 cm³/mol. The first kappa shape index (κ1) is 22.4. The lowest BCUT2D eigenvalue weighted by Gasteiger charge is -2.23. The fourth-order valence-electron chi connectivity index (χ4n) is 3.76. The molecule has 170 valence electrons. The van der Waals surface area contributed by atoms with E-state index in [9.17, 15) is 8.42 Å². The molecule has 0 unspecified atom stereocenters. The molecule has 0 saturated carbocycles. The van der Waals surface area contributed by atoms with Crippen molar-refractivity contribution in [3.8, 4) is 5.69 Å². The van der Waals surface area contributed by atoms with Gasteiger partial charge in [-0.3, -0.25) is 4.90 Å². The minimum Gasteiger partial charge on any atom is -0.355 e. The number of hydrogen-bond donors (Lipinski definition) is 0. The van der Waals surface area contributed by atoms with E-state index in [2.05, 4.69) is 25.1 Å². The van der Waals surface area contributed by atoms with Gasteiger partial charge in [0.05, 0.1) is 34.3 Å². The van der Waals surface area contributed by atoms with Gasteiger partial charge in [-0.2, -0.15) is 0 Å². The van der Waals surface area contributed by atoms with Gasteiger partial charge >= 0.3 is 0 Å². The van der Waals surface area contributed by atoms with Crippen molar-refractivity contribution < 1.29 is 8.42 Å². The van der Waals surface area contributed by atoms with E-state index in [1.54, 1.807) is 24.6 Å². The fraction of sp³-hybridized carbons (Fsp3) is 0.435. The first-order valence-electron chi connectivity index (χ1n) is 11.0. The van der Waals surface area contributed by atoms with Gasteiger partial charge in [0.2, 0.25) is 0 Å². The van der Waals surface area contributed by atoms with Crippen molar-refractivity contribution >= 4 is 15.7 Å². The number of pyridine rings is 1. The first-order chi connectivity index (χ1) is 15.4. The molecule has 1 aliphatic heterocycles. The monoisotopic (exact) mass is 454 g/mol. The molecule has 0 spiro atoms. The molecular weight excluding hydrogens is 424 g/mol. The van der Waals surface area contributed by atoms with E-state index in [1.165, 1.54) is 0 Å². The minimum absolute atomic E-state index is 0.0183. The second-order valence-electron chi connectivity index (χ2n) is 8.45. The van der Waals surface area contributed by atoms with Gasteiger partial charge in [-0.05, 0) is 44.5 Å². The van der Waals surface area contributed by atoms with Crippen LogP contribution in [-0.4, -0.2) is 64.7 Å². The van der Waals surface area contributed by atoms with Crippen LogP contribution in [-0.2, 0) is 22.1 Å². The Hall–Kier alpha value is -2.78. The molecule has 1 fully saturated rings. The third kappa shape index (κ3) is 5.52. The summed E-state index contributed by atoms with van der Waals surface area (Å²) in [7, 11) is -3.17. The van der Waals surface area contributed by atoms with E-state index in [4.69, 9.17) is 0 Å². The van der Waals surface area contributed by atoms with Crippen LogP contribution in [0.5, 0.6) is 0 Å². The Bertz CT molecular complexity index is 1130. The molecule has 0 amide bonds. The van der Waals surface area contributed by atoms with Gasteiger partial charge in [-0.1, -0.05) is 29.5 Å². The lowest BCUT2D eigenvalue weighted by molar-refractivity contribution is 0.282.